The highest BCUT2D eigenvalue weighted by Gasteiger charge is 2.24. The number of carbonyl (C=O) groups is 1. The molecule has 0 saturated carbocycles. The number of fused-ring (bicyclic) bond motifs is 1. The predicted octanol–water partition coefficient (Wildman–Crippen LogP) is 3.18. The first-order valence-electron chi connectivity index (χ1n) is 9.18. The van der Waals surface area contributed by atoms with Gasteiger partial charge in [-0.3, -0.25) is 9.67 Å². The highest BCUT2D eigenvalue weighted by molar-refractivity contribution is 5.92. The molecule has 3 aromatic rings. The maximum atomic E-state index is 12.7. The zero-order valence-electron chi connectivity index (χ0n) is 15.3. The Kier molecular flexibility index (Phi) is 5.02. The number of hydrogen-bond acceptors (Lipinski definition) is 4. The third-order valence-electron chi connectivity index (χ3n) is 4.86. The molecule has 0 bridgehead atoms. The molecule has 0 aliphatic carbocycles. The maximum absolute atomic E-state index is 12.7. The summed E-state index contributed by atoms with van der Waals surface area (Å²) in [5.74, 6) is 0. The van der Waals surface area contributed by atoms with E-state index in [1.807, 2.05) is 53.0 Å². The molecule has 140 valence electrons. The Morgan fingerprint density at radius 2 is 2.26 bits per heavy atom. The summed E-state index contributed by atoms with van der Waals surface area (Å²) in [4.78, 5) is 18.7. The number of aryl methyl sites for hydroxylation is 1. The van der Waals surface area contributed by atoms with E-state index in [2.05, 4.69) is 15.4 Å². The van der Waals surface area contributed by atoms with Crippen molar-refractivity contribution >= 4 is 22.6 Å². The van der Waals surface area contributed by atoms with Crippen molar-refractivity contribution in [3.05, 3.63) is 54.5 Å². The van der Waals surface area contributed by atoms with Crippen molar-refractivity contribution in [3.8, 4) is 0 Å². The van der Waals surface area contributed by atoms with Crippen LogP contribution in [0.3, 0.4) is 0 Å². The molecule has 3 heterocycles. The van der Waals surface area contributed by atoms with Crippen molar-refractivity contribution in [2.75, 3.05) is 18.4 Å². The minimum absolute atomic E-state index is 0.0345. The molecule has 1 aliphatic heterocycles. The molecular weight excluding hydrogens is 342 g/mol. The molecule has 7 nitrogen and oxygen atoms in total. The first-order valence-corrected chi connectivity index (χ1v) is 9.18. The van der Waals surface area contributed by atoms with E-state index in [0.29, 0.717) is 13.2 Å². The zero-order chi connectivity index (χ0) is 18.6. The number of urea groups is 1. The van der Waals surface area contributed by atoms with Gasteiger partial charge in [0.1, 0.15) is 0 Å². The number of benzene rings is 1. The summed E-state index contributed by atoms with van der Waals surface area (Å²) in [6.07, 6.45) is 5.48. The number of likely N-dealkylation sites (tertiary alicyclic amines) is 1. The Labute approximate surface area is 157 Å². The van der Waals surface area contributed by atoms with E-state index in [-0.39, 0.29) is 12.1 Å². The Balaban J connectivity index is 1.34. The lowest BCUT2D eigenvalue weighted by molar-refractivity contribution is -0.000325. The molecule has 1 atom stereocenters. The van der Waals surface area contributed by atoms with Crippen molar-refractivity contribution in [1.29, 1.82) is 0 Å². The van der Waals surface area contributed by atoms with Crippen LogP contribution in [-0.4, -0.2) is 44.9 Å². The zero-order valence-corrected chi connectivity index (χ0v) is 15.3. The molecule has 1 saturated heterocycles. The Bertz CT molecular complexity index is 925. The number of ether oxygens (including phenoxy) is 1. The fraction of sp³-hybridized carbons (Fsp3) is 0.350. The lowest BCUT2D eigenvalue weighted by Gasteiger charge is -2.32. The molecule has 2 amide bonds. The summed E-state index contributed by atoms with van der Waals surface area (Å²) in [5, 5.41) is 8.23. The summed E-state index contributed by atoms with van der Waals surface area (Å²) in [6, 6.07) is 11.5. The van der Waals surface area contributed by atoms with Gasteiger partial charge in [0.15, 0.2) is 0 Å². The monoisotopic (exact) mass is 365 g/mol. The van der Waals surface area contributed by atoms with Crippen molar-refractivity contribution in [1.82, 2.24) is 19.7 Å². The molecule has 27 heavy (non-hydrogen) atoms. The van der Waals surface area contributed by atoms with Gasteiger partial charge in [0.2, 0.25) is 0 Å². The summed E-state index contributed by atoms with van der Waals surface area (Å²) < 4.78 is 7.78. The summed E-state index contributed by atoms with van der Waals surface area (Å²) >= 11 is 0. The lowest BCUT2D eigenvalue weighted by atomic mass is 10.1. The van der Waals surface area contributed by atoms with Crippen LogP contribution in [0.2, 0.25) is 0 Å². The van der Waals surface area contributed by atoms with Crippen molar-refractivity contribution in [2.45, 2.75) is 25.6 Å². The third-order valence-corrected chi connectivity index (χ3v) is 4.86. The molecule has 1 fully saturated rings. The Morgan fingerprint density at radius 3 is 3.11 bits per heavy atom. The van der Waals surface area contributed by atoms with Crippen molar-refractivity contribution < 1.29 is 9.53 Å². The fourth-order valence-electron chi connectivity index (χ4n) is 3.39. The van der Waals surface area contributed by atoms with Gasteiger partial charge >= 0.3 is 6.03 Å². The van der Waals surface area contributed by atoms with E-state index in [9.17, 15) is 4.79 Å². The quantitative estimate of drug-likeness (QED) is 0.771. The van der Waals surface area contributed by atoms with Crippen LogP contribution in [-0.2, 0) is 18.4 Å². The average Bonchev–Trinajstić information content (AvgIpc) is 3.07. The van der Waals surface area contributed by atoms with Gasteiger partial charge in [-0.05, 0) is 43.2 Å². The van der Waals surface area contributed by atoms with E-state index >= 15 is 0 Å². The molecule has 0 unspecified atom stereocenters. The van der Waals surface area contributed by atoms with E-state index in [1.54, 1.807) is 12.4 Å². The first-order chi connectivity index (χ1) is 13.2. The molecular formula is C20H23N5O2. The van der Waals surface area contributed by atoms with Crippen LogP contribution in [0.25, 0.3) is 10.9 Å². The SMILES string of the molecule is Cn1ncc2cc(NC(=O)N3CCC[C@@H](OCc4ccccn4)C3)ccc21. The number of nitrogens with one attached hydrogen (secondary N) is 1. The van der Waals surface area contributed by atoms with Crippen LogP contribution in [0.15, 0.2) is 48.8 Å². The lowest BCUT2D eigenvalue weighted by Crippen LogP contribution is -2.45. The largest absolute Gasteiger partial charge is 0.370 e. The van der Waals surface area contributed by atoms with E-state index in [0.717, 1.165) is 41.7 Å². The molecule has 1 aromatic carbocycles. The standard InChI is InChI=1S/C20H23N5O2/c1-24-19-8-7-16(11-15(19)12-22-24)23-20(26)25-10-4-6-18(13-25)27-14-17-5-2-3-9-21-17/h2-3,5,7-9,11-12,18H,4,6,10,13-14H2,1H3,(H,23,26)/t18-/m1/s1. The fourth-order valence-corrected chi connectivity index (χ4v) is 3.39. The number of hydrogen-bond donors (Lipinski definition) is 1. The average molecular weight is 365 g/mol. The second-order valence-electron chi connectivity index (χ2n) is 6.81. The molecule has 7 heteroatoms. The summed E-state index contributed by atoms with van der Waals surface area (Å²) in [7, 11) is 1.90. The van der Waals surface area contributed by atoms with Crippen LogP contribution in [0, 0.1) is 0 Å². The molecule has 1 aliphatic rings. The highest BCUT2D eigenvalue weighted by atomic mass is 16.5. The van der Waals surface area contributed by atoms with Gasteiger partial charge in [-0.2, -0.15) is 5.10 Å². The number of rotatable bonds is 4. The minimum atomic E-state index is -0.0932. The number of amides is 2. The molecule has 2 aromatic heterocycles. The van der Waals surface area contributed by atoms with E-state index in [1.165, 1.54) is 0 Å². The maximum Gasteiger partial charge on any atom is 0.321 e. The molecule has 4 rings (SSSR count). The van der Waals surface area contributed by atoms with Gasteiger partial charge in [-0.1, -0.05) is 6.07 Å². The van der Waals surface area contributed by atoms with Gasteiger partial charge in [-0.25, -0.2) is 4.79 Å². The van der Waals surface area contributed by atoms with Crippen LogP contribution in [0.4, 0.5) is 10.5 Å². The van der Waals surface area contributed by atoms with Crippen LogP contribution in [0.5, 0.6) is 0 Å². The molecule has 0 spiro atoms. The van der Waals surface area contributed by atoms with Gasteiger partial charge in [0.25, 0.3) is 0 Å². The normalized spacial score (nSPS) is 17.2. The topological polar surface area (TPSA) is 72.3 Å². The van der Waals surface area contributed by atoms with Gasteiger partial charge in [-0.15, -0.1) is 0 Å². The summed E-state index contributed by atoms with van der Waals surface area (Å²) in [6.45, 7) is 1.80. The number of piperidine rings is 1. The number of anilines is 1. The smallest absolute Gasteiger partial charge is 0.321 e. The van der Waals surface area contributed by atoms with E-state index in [4.69, 9.17) is 4.74 Å². The predicted molar refractivity (Wildman–Crippen MR) is 103 cm³/mol. The van der Waals surface area contributed by atoms with Crippen LogP contribution in [0.1, 0.15) is 18.5 Å². The van der Waals surface area contributed by atoms with Gasteiger partial charge < -0.3 is 15.0 Å². The van der Waals surface area contributed by atoms with Gasteiger partial charge in [0, 0.05) is 37.4 Å². The molecule has 0 radical (unpaired) electrons. The number of carbonyl (C=O) groups excluding carboxylic acids is 1. The second kappa shape index (κ2) is 7.75. The van der Waals surface area contributed by atoms with Crippen LogP contribution < -0.4 is 5.32 Å². The number of pyridine rings is 1. The second-order valence-corrected chi connectivity index (χ2v) is 6.81. The Hall–Kier alpha value is -2.93. The third kappa shape index (κ3) is 4.09. The summed E-state index contributed by atoms with van der Waals surface area (Å²) in [5.41, 5.74) is 2.72. The Morgan fingerprint density at radius 1 is 1.33 bits per heavy atom. The number of aromatic nitrogens is 3. The van der Waals surface area contributed by atoms with E-state index < -0.39 is 0 Å². The molecule has 1 N–H and O–H groups in total. The van der Waals surface area contributed by atoms with Crippen LogP contribution >= 0.6 is 0 Å². The van der Waals surface area contributed by atoms with Gasteiger partial charge in [0.05, 0.1) is 30.1 Å². The van der Waals surface area contributed by atoms with Crippen molar-refractivity contribution in [2.24, 2.45) is 7.05 Å². The minimum Gasteiger partial charge on any atom is -0.370 e. The highest BCUT2D eigenvalue weighted by Crippen LogP contribution is 2.20. The first kappa shape index (κ1) is 17.5. The number of nitrogens with zero attached hydrogens (tertiary/aromatic N) is 4. The van der Waals surface area contributed by atoms with Crippen molar-refractivity contribution in [3.63, 3.8) is 0 Å².